The van der Waals surface area contributed by atoms with Gasteiger partial charge in [-0.25, -0.2) is 0 Å². The highest BCUT2D eigenvalue weighted by Crippen LogP contribution is 2.27. The average Bonchev–Trinajstić information content (AvgIpc) is 2.23. The van der Waals surface area contributed by atoms with Crippen LogP contribution < -0.4 is 0 Å². The number of hydrogen-bond acceptors (Lipinski definition) is 1. The Kier molecular flexibility index (Phi) is 3.20. The van der Waals surface area contributed by atoms with E-state index in [1.54, 1.807) is 0 Å². The van der Waals surface area contributed by atoms with Crippen LogP contribution in [0, 0.1) is 5.92 Å². The fourth-order valence-electron chi connectivity index (χ4n) is 2.34. The van der Waals surface area contributed by atoms with E-state index in [2.05, 4.69) is 24.3 Å². The van der Waals surface area contributed by atoms with Crippen molar-refractivity contribution in [3.63, 3.8) is 0 Å². The standard InChI is InChI=1S/C13H18O/c14-13-9-5-4-8-12(13)10-11-6-2-1-3-7-11/h1-3,6-7,12-14H,4-5,8-10H2/t12-,13-/m1/s1. The molecule has 1 saturated carbocycles. The summed E-state index contributed by atoms with van der Waals surface area (Å²) in [5, 5.41) is 9.83. The lowest BCUT2D eigenvalue weighted by Gasteiger charge is -2.27. The molecule has 1 aromatic carbocycles. The number of benzene rings is 1. The van der Waals surface area contributed by atoms with Crippen molar-refractivity contribution in [2.45, 2.75) is 38.2 Å². The molecule has 1 aliphatic carbocycles. The first-order valence-electron chi connectivity index (χ1n) is 5.58. The number of aliphatic hydroxyl groups is 1. The zero-order valence-corrected chi connectivity index (χ0v) is 8.52. The van der Waals surface area contributed by atoms with Gasteiger partial charge in [-0.2, -0.15) is 0 Å². The summed E-state index contributed by atoms with van der Waals surface area (Å²) < 4.78 is 0. The van der Waals surface area contributed by atoms with Crippen LogP contribution in [-0.2, 0) is 6.42 Å². The predicted molar refractivity (Wildman–Crippen MR) is 58.1 cm³/mol. The Morgan fingerprint density at radius 1 is 1.07 bits per heavy atom. The summed E-state index contributed by atoms with van der Waals surface area (Å²) in [6.45, 7) is 0. The van der Waals surface area contributed by atoms with Gasteiger partial charge in [-0.05, 0) is 30.7 Å². The third-order valence-electron chi connectivity index (χ3n) is 3.21. The highest BCUT2D eigenvalue weighted by molar-refractivity contribution is 5.15. The lowest BCUT2D eigenvalue weighted by Crippen LogP contribution is -2.26. The Morgan fingerprint density at radius 2 is 1.79 bits per heavy atom. The van der Waals surface area contributed by atoms with E-state index in [0.717, 1.165) is 12.8 Å². The number of aliphatic hydroxyl groups excluding tert-OH is 1. The summed E-state index contributed by atoms with van der Waals surface area (Å²) in [6, 6.07) is 10.5. The smallest absolute Gasteiger partial charge is 0.0571 e. The Morgan fingerprint density at radius 3 is 2.50 bits per heavy atom. The number of hydrogen-bond donors (Lipinski definition) is 1. The molecule has 0 radical (unpaired) electrons. The van der Waals surface area contributed by atoms with E-state index < -0.39 is 0 Å². The second-order valence-corrected chi connectivity index (χ2v) is 4.30. The molecule has 0 bridgehead atoms. The Labute approximate surface area is 85.8 Å². The fourth-order valence-corrected chi connectivity index (χ4v) is 2.34. The quantitative estimate of drug-likeness (QED) is 0.760. The van der Waals surface area contributed by atoms with Crippen molar-refractivity contribution in [3.05, 3.63) is 35.9 Å². The van der Waals surface area contributed by atoms with Crippen LogP contribution in [0.3, 0.4) is 0 Å². The average molecular weight is 190 g/mol. The topological polar surface area (TPSA) is 20.2 Å². The molecule has 0 heterocycles. The maximum atomic E-state index is 9.83. The van der Waals surface area contributed by atoms with Gasteiger partial charge in [-0.3, -0.25) is 0 Å². The minimum absolute atomic E-state index is 0.0658. The van der Waals surface area contributed by atoms with Gasteiger partial charge in [0, 0.05) is 0 Å². The fraction of sp³-hybridized carbons (Fsp3) is 0.538. The van der Waals surface area contributed by atoms with Crippen LogP contribution in [0.25, 0.3) is 0 Å². The predicted octanol–water partition coefficient (Wildman–Crippen LogP) is 2.78. The SMILES string of the molecule is O[C@@H]1CCCC[C@@H]1Cc1ccccc1. The molecule has 0 unspecified atom stereocenters. The van der Waals surface area contributed by atoms with Gasteiger partial charge >= 0.3 is 0 Å². The highest BCUT2D eigenvalue weighted by atomic mass is 16.3. The Balaban J connectivity index is 1.96. The molecule has 0 saturated heterocycles. The summed E-state index contributed by atoms with van der Waals surface area (Å²) in [5.74, 6) is 0.492. The molecule has 2 rings (SSSR count). The van der Waals surface area contributed by atoms with Crippen LogP contribution in [0.1, 0.15) is 31.2 Å². The lowest BCUT2D eigenvalue weighted by atomic mass is 9.82. The summed E-state index contributed by atoms with van der Waals surface area (Å²) in [4.78, 5) is 0. The molecule has 1 nitrogen and oxygen atoms in total. The highest BCUT2D eigenvalue weighted by Gasteiger charge is 2.22. The normalized spacial score (nSPS) is 27.5. The zero-order valence-electron chi connectivity index (χ0n) is 8.52. The van der Waals surface area contributed by atoms with E-state index in [1.165, 1.54) is 24.8 Å². The first-order valence-corrected chi connectivity index (χ1v) is 5.58. The molecular formula is C13H18O. The Hall–Kier alpha value is -0.820. The second kappa shape index (κ2) is 4.61. The van der Waals surface area contributed by atoms with E-state index in [0.29, 0.717) is 5.92 Å². The molecule has 1 N–H and O–H groups in total. The zero-order chi connectivity index (χ0) is 9.80. The van der Waals surface area contributed by atoms with Crippen molar-refractivity contribution in [1.82, 2.24) is 0 Å². The molecule has 2 atom stereocenters. The van der Waals surface area contributed by atoms with E-state index in [9.17, 15) is 5.11 Å². The first kappa shape index (κ1) is 9.72. The van der Waals surface area contributed by atoms with Crippen LogP contribution in [0.4, 0.5) is 0 Å². The van der Waals surface area contributed by atoms with Gasteiger partial charge in [0.25, 0.3) is 0 Å². The monoisotopic (exact) mass is 190 g/mol. The van der Waals surface area contributed by atoms with Crippen LogP contribution in [0.5, 0.6) is 0 Å². The van der Waals surface area contributed by atoms with E-state index in [4.69, 9.17) is 0 Å². The minimum atomic E-state index is -0.0658. The largest absolute Gasteiger partial charge is 0.393 e. The molecule has 0 spiro atoms. The molecule has 14 heavy (non-hydrogen) atoms. The van der Waals surface area contributed by atoms with Crippen molar-refractivity contribution < 1.29 is 5.11 Å². The van der Waals surface area contributed by atoms with Gasteiger partial charge in [0.2, 0.25) is 0 Å². The van der Waals surface area contributed by atoms with Crippen LogP contribution in [-0.4, -0.2) is 11.2 Å². The van der Waals surface area contributed by atoms with Gasteiger partial charge in [-0.1, -0.05) is 43.2 Å². The second-order valence-electron chi connectivity index (χ2n) is 4.30. The molecule has 76 valence electrons. The van der Waals surface area contributed by atoms with Gasteiger partial charge in [0.05, 0.1) is 6.10 Å². The van der Waals surface area contributed by atoms with Crippen molar-refractivity contribution in [3.8, 4) is 0 Å². The van der Waals surface area contributed by atoms with Gasteiger partial charge in [-0.15, -0.1) is 0 Å². The van der Waals surface area contributed by atoms with Gasteiger partial charge < -0.3 is 5.11 Å². The van der Waals surface area contributed by atoms with E-state index in [1.807, 2.05) is 6.07 Å². The molecule has 0 aromatic heterocycles. The van der Waals surface area contributed by atoms with Gasteiger partial charge in [0.15, 0.2) is 0 Å². The molecule has 0 aliphatic heterocycles. The summed E-state index contributed by atoms with van der Waals surface area (Å²) in [6.07, 6.45) is 5.65. The van der Waals surface area contributed by atoms with Crippen LogP contribution in [0.2, 0.25) is 0 Å². The van der Waals surface area contributed by atoms with Crippen LogP contribution >= 0.6 is 0 Å². The minimum Gasteiger partial charge on any atom is -0.393 e. The molecule has 1 aliphatic rings. The molecule has 1 heteroatoms. The number of rotatable bonds is 2. The lowest BCUT2D eigenvalue weighted by molar-refractivity contribution is 0.0700. The molecule has 1 fully saturated rings. The third-order valence-corrected chi connectivity index (χ3v) is 3.21. The summed E-state index contributed by atoms with van der Waals surface area (Å²) >= 11 is 0. The van der Waals surface area contributed by atoms with Crippen molar-refractivity contribution >= 4 is 0 Å². The summed E-state index contributed by atoms with van der Waals surface area (Å²) in [5.41, 5.74) is 1.36. The third kappa shape index (κ3) is 2.36. The Bertz CT molecular complexity index is 268. The van der Waals surface area contributed by atoms with Crippen molar-refractivity contribution in [1.29, 1.82) is 0 Å². The van der Waals surface area contributed by atoms with E-state index in [-0.39, 0.29) is 6.10 Å². The maximum absolute atomic E-state index is 9.83. The molecular weight excluding hydrogens is 172 g/mol. The maximum Gasteiger partial charge on any atom is 0.0571 e. The van der Waals surface area contributed by atoms with Crippen molar-refractivity contribution in [2.75, 3.05) is 0 Å². The van der Waals surface area contributed by atoms with Crippen LogP contribution in [0.15, 0.2) is 30.3 Å². The molecule has 0 amide bonds. The van der Waals surface area contributed by atoms with Crippen molar-refractivity contribution in [2.24, 2.45) is 5.92 Å². The molecule has 1 aromatic rings. The van der Waals surface area contributed by atoms with Gasteiger partial charge in [0.1, 0.15) is 0 Å². The summed E-state index contributed by atoms with van der Waals surface area (Å²) in [7, 11) is 0. The first-order chi connectivity index (χ1) is 6.86. The van der Waals surface area contributed by atoms with E-state index >= 15 is 0 Å².